The number of carbonyl (C=O) groups excluding carboxylic acids is 1. The minimum Gasteiger partial charge on any atom is -0.348 e. The molecule has 4 nitrogen and oxygen atoms in total. The summed E-state index contributed by atoms with van der Waals surface area (Å²) >= 11 is 5.46. The van der Waals surface area contributed by atoms with Crippen molar-refractivity contribution in [1.82, 2.24) is 4.90 Å². The Labute approximate surface area is 88.4 Å². The molecule has 0 unspecified atom stereocenters. The van der Waals surface area contributed by atoms with Gasteiger partial charge in [-0.1, -0.05) is 6.08 Å². The Morgan fingerprint density at radius 1 is 1.57 bits per heavy atom. The minimum absolute atomic E-state index is 0.0272. The Morgan fingerprint density at radius 2 is 2.21 bits per heavy atom. The molecule has 0 atom stereocenters. The lowest BCUT2D eigenvalue weighted by Crippen LogP contribution is -2.38. The summed E-state index contributed by atoms with van der Waals surface area (Å²) in [6.45, 7) is 5.62. The first-order valence-electron chi connectivity index (χ1n) is 4.45. The summed E-state index contributed by atoms with van der Waals surface area (Å²) in [4.78, 5) is 12.9. The normalized spacial score (nSPS) is 16.9. The van der Waals surface area contributed by atoms with Crippen LogP contribution in [0, 0.1) is 0 Å². The summed E-state index contributed by atoms with van der Waals surface area (Å²) in [5, 5.41) is 0. The van der Waals surface area contributed by atoms with Gasteiger partial charge in [-0.3, -0.25) is 4.79 Å². The van der Waals surface area contributed by atoms with Gasteiger partial charge in [0.2, 0.25) is 5.91 Å². The third-order valence-corrected chi connectivity index (χ3v) is 2.11. The monoisotopic (exact) mass is 219 g/mol. The van der Waals surface area contributed by atoms with E-state index >= 15 is 0 Å². The summed E-state index contributed by atoms with van der Waals surface area (Å²) in [5.74, 6) is -0.161. The number of nitrogens with zero attached hydrogens (tertiary/aromatic N) is 1. The van der Waals surface area contributed by atoms with Crippen LogP contribution < -0.4 is 0 Å². The van der Waals surface area contributed by atoms with Crippen molar-refractivity contribution in [3.8, 4) is 0 Å². The van der Waals surface area contributed by atoms with E-state index in [1.165, 1.54) is 0 Å². The topological polar surface area (TPSA) is 38.8 Å². The first kappa shape index (κ1) is 11.5. The number of halogens is 1. The molecule has 80 valence electrons. The van der Waals surface area contributed by atoms with Crippen molar-refractivity contribution in [3.63, 3.8) is 0 Å². The van der Waals surface area contributed by atoms with Gasteiger partial charge in [0.05, 0.1) is 19.8 Å². The Kier molecular flexibility index (Phi) is 4.93. The molecule has 1 aliphatic heterocycles. The molecular weight excluding hydrogens is 206 g/mol. The lowest BCUT2D eigenvalue weighted by molar-refractivity contribution is -0.134. The number of alkyl halides is 1. The number of carbonyl (C=O) groups is 1. The predicted octanol–water partition coefficient (Wildman–Crippen LogP) is 0.613. The molecule has 1 aliphatic rings. The lowest BCUT2D eigenvalue weighted by atomic mass is 10.4. The third kappa shape index (κ3) is 3.29. The van der Waals surface area contributed by atoms with Crippen molar-refractivity contribution in [2.45, 2.75) is 6.29 Å². The molecule has 0 saturated carbocycles. The van der Waals surface area contributed by atoms with Crippen molar-refractivity contribution < 1.29 is 14.3 Å². The Bertz CT molecular complexity index is 204. The van der Waals surface area contributed by atoms with Crippen molar-refractivity contribution in [3.05, 3.63) is 12.7 Å². The predicted molar refractivity (Wildman–Crippen MR) is 53.2 cm³/mol. The van der Waals surface area contributed by atoms with E-state index in [0.717, 1.165) is 0 Å². The molecule has 1 heterocycles. The fraction of sp³-hybridized carbons (Fsp3) is 0.667. The van der Waals surface area contributed by atoms with Gasteiger partial charge in [0.1, 0.15) is 5.88 Å². The first-order valence-corrected chi connectivity index (χ1v) is 4.99. The van der Waals surface area contributed by atoms with Crippen LogP contribution in [0.25, 0.3) is 0 Å². The van der Waals surface area contributed by atoms with Gasteiger partial charge < -0.3 is 14.4 Å². The van der Waals surface area contributed by atoms with E-state index < -0.39 is 0 Å². The number of hydrogen-bond donors (Lipinski definition) is 0. The summed E-state index contributed by atoms with van der Waals surface area (Å²) in [7, 11) is 0. The molecule has 0 aromatic carbocycles. The molecule has 1 rings (SSSR count). The summed E-state index contributed by atoms with van der Waals surface area (Å²) < 4.78 is 10.5. The standard InChI is InChI=1S/C9H14ClNO3/c1-2-3-11(8(12)6-10)7-9-13-4-5-14-9/h2,9H,1,3-7H2. The van der Waals surface area contributed by atoms with Crippen LogP contribution in [0.1, 0.15) is 0 Å². The smallest absolute Gasteiger partial charge is 0.237 e. The number of rotatable bonds is 5. The third-order valence-electron chi connectivity index (χ3n) is 1.88. The maximum absolute atomic E-state index is 11.3. The minimum atomic E-state index is -0.317. The second kappa shape index (κ2) is 6.01. The zero-order valence-electron chi connectivity index (χ0n) is 7.95. The van der Waals surface area contributed by atoms with Gasteiger partial charge >= 0.3 is 0 Å². The average molecular weight is 220 g/mol. The largest absolute Gasteiger partial charge is 0.348 e. The van der Waals surface area contributed by atoms with Crippen LogP contribution in [0.4, 0.5) is 0 Å². The summed E-state index contributed by atoms with van der Waals surface area (Å²) in [6, 6.07) is 0. The Balaban J connectivity index is 2.40. The molecular formula is C9H14ClNO3. The van der Waals surface area contributed by atoms with Gasteiger partial charge in [0, 0.05) is 6.54 Å². The molecule has 0 aliphatic carbocycles. The zero-order valence-corrected chi connectivity index (χ0v) is 8.70. The van der Waals surface area contributed by atoms with Crippen LogP contribution in [0.15, 0.2) is 12.7 Å². The summed E-state index contributed by atoms with van der Waals surface area (Å²) in [6.07, 6.45) is 1.33. The van der Waals surface area contributed by atoms with E-state index in [2.05, 4.69) is 6.58 Å². The van der Waals surface area contributed by atoms with Crippen LogP contribution in [0.5, 0.6) is 0 Å². The maximum Gasteiger partial charge on any atom is 0.237 e. The molecule has 1 fully saturated rings. The molecule has 0 aromatic rings. The molecule has 0 N–H and O–H groups in total. The van der Waals surface area contributed by atoms with E-state index in [4.69, 9.17) is 21.1 Å². The molecule has 0 spiro atoms. The van der Waals surface area contributed by atoms with Gasteiger partial charge in [-0.2, -0.15) is 0 Å². The van der Waals surface area contributed by atoms with Gasteiger partial charge in [0.15, 0.2) is 6.29 Å². The fourth-order valence-electron chi connectivity index (χ4n) is 1.21. The Morgan fingerprint density at radius 3 is 2.71 bits per heavy atom. The molecule has 0 radical (unpaired) electrons. The van der Waals surface area contributed by atoms with Crippen LogP contribution in [0.2, 0.25) is 0 Å². The highest BCUT2D eigenvalue weighted by Gasteiger charge is 2.21. The van der Waals surface area contributed by atoms with Crippen molar-refractivity contribution in [2.75, 3.05) is 32.2 Å². The van der Waals surface area contributed by atoms with Crippen molar-refractivity contribution in [2.24, 2.45) is 0 Å². The molecule has 1 amide bonds. The SMILES string of the molecule is C=CCN(CC1OCCO1)C(=O)CCl. The number of hydrogen-bond acceptors (Lipinski definition) is 3. The second-order valence-corrected chi connectivity index (χ2v) is 3.16. The summed E-state index contributed by atoms with van der Waals surface area (Å²) in [5.41, 5.74) is 0. The highest BCUT2D eigenvalue weighted by molar-refractivity contribution is 6.27. The van der Waals surface area contributed by atoms with Gasteiger partial charge in [-0.15, -0.1) is 18.2 Å². The van der Waals surface area contributed by atoms with E-state index in [1.807, 2.05) is 0 Å². The van der Waals surface area contributed by atoms with Crippen molar-refractivity contribution >= 4 is 17.5 Å². The van der Waals surface area contributed by atoms with Crippen LogP contribution in [-0.2, 0) is 14.3 Å². The lowest BCUT2D eigenvalue weighted by Gasteiger charge is -2.22. The molecule has 5 heteroatoms. The average Bonchev–Trinajstić information content (AvgIpc) is 2.68. The number of ether oxygens (including phenoxy) is 2. The maximum atomic E-state index is 11.3. The molecule has 1 saturated heterocycles. The molecule has 0 aromatic heterocycles. The highest BCUT2D eigenvalue weighted by Crippen LogP contribution is 2.06. The highest BCUT2D eigenvalue weighted by atomic mass is 35.5. The van der Waals surface area contributed by atoms with Crippen LogP contribution in [-0.4, -0.2) is 49.3 Å². The van der Waals surface area contributed by atoms with Crippen LogP contribution in [0.3, 0.4) is 0 Å². The Hall–Kier alpha value is -0.580. The van der Waals surface area contributed by atoms with E-state index in [1.54, 1.807) is 11.0 Å². The molecule has 14 heavy (non-hydrogen) atoms. The van der Waals surface area contributed by atoms with Gasteiger partial charge in [-0.25, -0.2) is 0 Å². The quantitative estimate of drug-likeness (QED) is 0.503. The van der Waals surface area contributed by atoms with E-state index in [9.17, 15) is 4.79 Å². The van der Waals surface area contributed by atoms with Crippen molar-refractivity contribution in [1.29, 1.82) is 0 Å². The van der Waals surface area contributed by atoms with E-state index in [-0.39, 0.29) is 18.1 Å². The zero-order chi connectivity index (χ0) is 10.4. The van der Waals surface area contributed by atoms with Gasteiger partial charge in [-0.05, 0) is 0 Å². The second-order valence-electron chi connectivity index (χ2n) is 2.89. The van der Waals surface area contributed by atoms with E-state index in [0.29, 0.717) is 26.3 Å². The van der Waals surface area contributed by atoms with Crippen LogP contribution >= 0.6 is 11.6 Å². The first-order chi connectivity index (χ1) is 6.77. The van der Waals surface area contributed by atoms with Gasteiger partial charge in [0.25, 0.3) is 0 Å². The number of amides is 1. The molecule has 0 bridgehead atoms. The fourth-order valence-corrected chi connectivity index (χ4v) is 1.38.